The van der Waals surface area contributed by atoms with E-state index in [0.717, 1.165) is 39.1 Å². The topological polar surface area (TPSA) is 49.4 Å². The molecule has 1 atom stereocenters. The summed E-state index contributed by atoms with van der Waals surface area (Å²) in [6, 6.07) is 24.9. The van der Waals surface area contributed by atoms with Gasteiger partial charge in [-0.1, -0.05) is 76.9 Å². The van der Waals surface area contributed by atoms with Crippen LogP contribution in [0.15, 0.2) is 88.2 Å². The van der Waals surface area contributed by atoms with Crippen molar-refractivity contribution in [1.29, 1.82) is 0 Å². The average Bonchev–Trinajstić information content (AvgIpc) is 2.88. The number of amides is 2. The Kier molecular flexibility index (Phi) is 11.9. The van der Waals surface area contributed by atoms with Crippen molar-refractivity contribution in [3.63, 3.8) is 0 Å². The van der Waals surface area contributed by atoms with Gasteiger partial charge in [-0.2, -0.15) is 0 Å². The van der Waals surface area contributed by atoms with Crippen LogP contribution in [0, 0.1) is 0 Å². The normalized spacial score (nSPS) is 11.6. The number of halogens is 2. The monoisotopic (exact) mass is 586 g/mol. The maximum absolute atomic E-state index is 13.6. The van der Waals surface area contributed by atoms with E-state index < -0.39 is 6.04 Å². The molecule has 0 heterocycles. The third kappa shape index (κ3) is 9.30. The van der Waals surface area contributed by atoms with Crippen LogP contribution < -0.4 is 5.32 Å². The number of nitrogens with zero attached hydrogens (tertiary/aromatic N) is 1. The minimum absolute atomic E-state index is 0.0146. The quantitative estimate of drug-likeness (QED) is 0.171. The molecule has 0 fully saturated rings. The molecule has 0 aliphatic carbocycles. The fourth-order valence-electron chi connectivity index (χ4n) is 3.84. The van der Waals surface area contributed by atoms with Gasteiger partial charge in [0.25, 0.3) is 0 Å². The SMILES string of the molecule is CCCNC(=O)[C@@H](Cc1ccccc1)N(Cc1cccc(Br)c1)C(=O)CCCSc1ccc(Cl)cc1. The first-order valence-corrected chi connectivity index (χ1v) is 14.4. The van der Waals surface area contributed by atoms with Gasteiger partial charge in [0.2, 0.25) is 11.8 Å². The van der Waals surface area contributed by atoms with Crippen LogP contribution in [-0.2, 0) is 22.6 Å². The molecule has 0 bridgehead atoms. The molecule has 0 unspecified atom stereocenters. The molecule has 0 saturated carbocycles. The molecule has 2 amide bonds. The van der Waals surface area contributed by atoms with Crippen LogP contribution in [-0.4, -0.2) is 35.1 Å². The Morgan fingerprint density at radius 3 is 2.42 bits per heavy atom. The molecule has 3 aromatic rings. The third-order valence-electron chi connectivity index (χ3n) is 5.68. The molecule has 3 aromatic carbocycles. The van der Waals surface area contributed by atoms with Crippen LogP contribution in [0.25, 0.3) is 0 Å². The van der Waals surface area contributed by atoms with E-state index >= 15 is 0 Å². The number of nitrogens with one attached hydrogen (secondary N) is 1. The standard InChI is InChI=1S/C29H32BrClN2O2S/c1-2-17-32-29(35)27(20-22-8-4-3-5-9-22)33(21-23-10-6-11-24(30)19-23)28(34)12-7-18-36-26-15-13-25(31)14-16-26/h3-6,8-11,13-16,19,27H,2,7,12,17-18,20-21H2,1H3,(H,32,35)/t27-/m1/s1. The Morgan fingerprint density at radius 2 is 1.72 bits per heavy atom. The number of hydrogen-bond acceptors (Lipinski definition) is 3. The molecule has 0 spiro atoms. The van der Waals surface area contributed by atoms with Crippen molar-refractivity contribution in [1.82, 2.24) is 10.2 Å². The molecule has 0 aliphatic rings. The maximum Gasteiger partial charge on any atom is 0.243 e. The van der Waals surface area contributed by atoms with E-state index in [-0.39, 0.29) is 11.8 Å². The zero-order valence-electron chi connectivity index (χ0n) is 20.5. The number of carbonyl (C=O) groups is 2. The Balaban J connectivity index is 1.77. The lowest BCUT2D eigenvalue weighted by Gasteiger charge is -2.31. The summed E-state index contributed by atoms with van der Waals surface area (Å²) in [5.41, 5.74) is 2.01. The number of thioether (sulfide) groups is 1. The van der Waals surface area contributed by atoms with Gasteiger partial charge in [0.1, 0.15) is 6.04 Å². The number of hydrogen-bond donors (Lipinski definition) is 1. The summed E-state index contributed by atoms with van der Waals surface area (Å²) < 4.78 is 0.946. The van der Waals surface area contributed by atoms with E-state index in [2.05, 4.69) is 21.2 Å². The van der Waals surface area contributed by atoms with E-state index in [4.69, 9.17) is 11.6 Å². The Labute approximate surface area is 231 Å². The summed E-state index contributed by atoms with van der Waals surface area (Å²) >= 11 is 11.2. The van der Waals surface area contributed by atoms with E-state index in [1.807, 2.05) is 85.8 Å². The highest BCUT2D eigenvalue weighted by molar-refractivity contribution is 9.10. The van der Waals surface area contributed by atoms with Crippen molar-refractivity contribution in [3.05, 3.63) is 99.5 Å². The molecular formula is C29H32BrClN2O2S. The summed E-state index contributed by atoms with van der Waals surface area (Å²) in [7, 11) is 0. The largest absolute Gasteiger partial charge is 0.354 e. The van der Waals surface area contributed by atoms with Crippen LogP contribution in [0.2, 0.25) is 5.02 Å². The van der Waals surface area contributed by atoms with Crippen LogP contribution in [0.5, 0.6) is 0 Å². The summed E-state index contributed by atoms with van der Waals surface area (Å²) in [6.45, 7) is 2.98. The van der Waals surface area contributed by atoms with Gasteiger partial charge in [-0.05, 0) is 66.1 Å². The molecule has 4 nitrogen and oxygen atoms in total. The molecule has 36 heavy (non-hydrogen) atoms. The minimum atomic E-state index is -0.589. The van der Waals surface area contributed by atoms with Gasteiger partial charge in [-0.3, -0.25) is 9.59 Å². The molecule has 190 valence electrons. The summed E-state index contributed by atoms with van der Waals surface area (Å²) in [5, 5.41) is 3.73. The van der Waals surface area contributed by atoms with Crippen LogP contribution >= 0.6 is 39.3 Å². The predicted molar refractivity (Wildman–Crippen MR) is 153 cm³/mol. The first-order valence-electron chi connectivity index (χ1n) is 12.2. The van der Waals surface area contributed by atoms with Crippen molar-refractivity contribution in [2.24, 2.45) is 0 Å². The lowest BCUT2D eigenvalue weighted by atomic mass is 10.0. The summed E-state index contributed by atoms with van der Waals surface area (Å²) in [4.78, 5) is 29.8. The fraction of sp³-hybridized carbons (Fsp3) is 0.310. The van der Waals surface area contributed by atoms with Crippen LogP contribution in [0.4, 0.5) is 0 Å². The van der Waals surface area contributed by atoms with Gasteiger partial charge >= 0.3 is 0 Å². The zero-order chi connectivity index (χ0) is 25.8. The minimum Gasteiger partial charge on any atom is -0.354 e. The lowest BCUT2D eigenvalue weighted by Crippen LogP contribution is -2.50. The molecule has 0 radical (unpaired) electrons. The van der Waals surface area contributed by atoms with E-state index in [1.54, 1.807) is 16.7 Å². The fourth-order valence-corrected chi connectivity index (χ4v) is 5.27. The van der Waals surface area contributed by atoms with Crippen molar-refractivity contribution in [2.45, 2.75) is 50.1 Å². The highest BCUT2D eigenvalue weighted by Crippen LogP contribution is 2.23. The highest BCUT2D eigenvalue weighted by Gasteiger charge is 2.30. The first kappa shape index (κ1) is 28.3. The Hall–Kier alpha value is -2.28. The first-order chi connectivity index (χ1) is 17.5. The second-order valence-corrected chi connectivity index (χ2v) is 11.1. The highest BCUT2D eigenvalue weighted by atomic mass is 79.9. The van der Waals surface area contributed by atoms with E-state index in [9.17, 15) is 9.59 Å². The van der Waals surface area contributed by atoms with Crippen LogP contribution in [0.1, 0.15) is 37.3 Å². The van der Waals surface area contributed by atoms with Crippen molar-refractivity contribution < 1.29 is 9.59 Å². The van der Waals surface area contributed by atoms with Crippen molar-refractivity contribution >= 4 is 51.1 Å². The molecule has 1 N–H and O–H groups in total. The van der Waals surface area contributed by atoms with Crippen molar-refractivity contribution in [2.75, 3.05) is 12.3 Å². The zero-order valence-corrected chi connectivity index (χ0v) is 23.6. The van der Waals surface area contributed by atoms with Gasteiger partial charge in [-0.25, -0.2) is 0 Å². The van der Waals surface area contributed by atoms with Gasteiger partial charge in [0, 0.05) is 40.3 Å². The molecular weight excluding hydrogens is 556 g/mol. The van der Waals surface area contributed by atoms with Gasteiger partial charge in [-0.15, -0.1) is 11.8 Å². The van der Waals surface area contributed by atoms with Gasteiger partial charge in [0.15, 0.2) is 0 Å². The van der Waals surface area contributed by atoms with E-state index in [1.165, 1.54) is 0 Å². The smallest absolute Gasteiger partial charge is 0.243 e. The van der Waals surface area contributed by atoms with Gasteiger partial charge < -0.3 is 10.2 Å². The van der Waals surface area contributed by atoms with Crippen LogP contribution in [0.3, 0.4) is 0 Å². The second-order valence-electron chi connectivity index (χ2n) is 8.55. The number of carbonyl (C=O) groups excluding carboxylic acids is 2. The summed E-state index contributed by atoms with van der Waals surface area (Å²) in [6.07, 6.45) is 2.40. The van der Waals surface area contributed by atoms with Gasteiger partial charge in [0.05, 0.1) is 0 Å². The van der Waals surface area contributed by atoms with Crippen molar-refractivity contribution in [3.8, 4) is 0 Å². The van der Waals surface area contributed by atoms with E-state index in [0.29, 0.717) is 31.0 Å². The molecule has 0 aliphatic heterocycles. The molecule has 7 heteroatoms. The average molecular weight is 588 g/mol. The predicted octanol–water partition coefficient (Wildman–Crippen LogP) is 7.14. The molecule has 3 rings (SSSR count). The molecule has 0 aromatic heterocycles. The second kappa shape index (κ2) is 15.1. The summed E-state index contributed by atoms with van der Waals surface area (Å²) in [5.74, 6) is 0.683. The third-order valence-corrected chi connectivity index (χ3v) is 7.52. The Morgan fingerprint density at radius 1 is 1.00 bits per heavy atom. The number of rotatable bonds is 13. The number of benzene rings is 3. The maximum atomic E-state index is 13.6. The molecule has 0 saturated heterocycles. The Bertz CT molecular complexity index is 1110. The lowest BCUT2D eigenvalue weighted by molar-refractivity contribution is -0.141.